The Balaban J connectivity index is 2.82. The molecule has 17 heavy (non-hydrogen) atoms. The summed E-state index contributed by atoms with van der Waals surface area (Å²) in [5.74, 6) is 0. The standard InChI is InChI=1S/C13H20N2O2/c1-4-12(15-13(16)17-5-2)11-7-6-10(14)8-9(11)3/h6-8,12H,4-5,14H2,1-3H3,(H,15,16). The molecule has 4 heteroatoms. The van der Waals surface area contributed by atoms with E-state index < -0.39 is 0 Å². The summed E-state index contributed by atoms with van der Waals surface area (Å²) in [6, 6.07) is 5.67. The number of anilines is 1. The first-order valence-corrected chi connectivity index (χ1v) is 5.87. The fourth-order valence-corrected chi connectivity index (χ4v) is 1.80. The fourth-order valence-electron chi connectivity index (χ4n) is 1.80. The monoisotopic (exact) mass is 236 g/mol. The van der Waals surface area contributed by atoms with Crippen molar-refractivity contribution in [1.82, 2.24) is 5.32 Å². The number of ether oxygens (including phenoxy) is 1. The zero-order chi connectivity index (χ0) is 12.8. The number of nitrogens with two attached hydrogens (primary N) is 1. The summed E-state index contributed by atoms with van der Waals surface area (Å²) >= 11 is 0. The molecule has 1 aromatic rings. The van der Waals surface area contributed by atoms with Crippen LogP contribution in [0.25, 0.3) is 0 Å². The van der Waals surface area contributed by atoms with Gasteiger partial charge in [0.05, 0.1) is 12.6 Å². The largest absolute Gasteiger partial charge is 0.450 e. The second-order valence-corrected chi connectivity index (χ2v) is 3.94. The van der Waals surface area contributed by atoms with Crippen molar-refractivity contribution in [1.29, 1.82) is 0 Å². The fraction of sp³-hybridized carbons (Fsp3) is 0.462. The van der Waals surface area contributed by atoms with E-state index in [2.05, 4.69) is 5.32 Å². The van der Waals surface area contributed by atoms with Crippen molar-refractivity contribution in [3.63, 3.8) is 0 Å². The summed E-state index contributed by atoms with van der Waals surface area (Å²) in [6.45, 7) is 6.17. The van der Waals surface area contributed by atoms with Gasteiger partial charge in [-0.25, -0.2) is 4.79 Å². The van der Waals surface area contributed by atoms with E-state index in [1.54, 1.807) is 6.92 Å². The van der Waals surface area contributed by atoms with Crippen LogP contribution < -0.4 is 11.1 Å². The van der Waals surface area contributed by atoms with E-state index >= 15 is 0 Å². The molecule has 0 fully saturated rings. The summed E-state index contributed by atoms with van der Waals surface area (Å²) in [6.07, 6.45) is 0.430. The zero-order valence-corrected chi connectivity index (χ0v) is 10.6. The van der Waals surface area contributed by atoms with E-state index in [1.807, 2.05) is 32.0 Å². The zero-order valence-electron chi connectivity index (χ0n) is 10.6. The minimum absolute atomic E-state index is 0.0327. The number of nitrogen functional groups attached to an aromatic ring is 1. The van der Waals surface area contributed by atoms with Crippen molar-refractivity contribution in [3.05, 3.63) is 29.3 Å². The van der Waals surface area contributed by atoms with Crippen molar-refractivity contribution < 1.29 is 9.53 Å². The lowest BCUT2D eigenvalue weighted by Gasteiger charge is -2.19. The smallest absolute Gasteiger partial charge is 0.407 e. The van der Waals surface area contributed by atoms with Crippen LogP contribution in [-0.2, 0) is 4.74 Å². The van der Waals surface area contributed by atoms with Crippen molar-refractivity contribution in [2.24, 2.45) is 0 Å². The first-order chi connectivity index (χ1) is 8.08. The number of hydrogen-bond acceptors (Lipinski definition) is 3. The molecule has 0 heterocycles. The van der Waals surface area contributed by atoms with Crippen LogP contribution in [0.5, 0.6) is 0 Å². The number of carbonyl (C=O) groups is 1. The maximum atomic E-state index is 11.4. The highest BCUT2D eigenvalue weighted by Gasteiger charge is 2.15. The molecule has 0 aliphatic heterocycles. The molecule has 0 aliphatic carbocycles. The number of amides is 1. The van der Waals surface area contributed by atoms with Crippen LogP contribution in [0.15, 0.2) is 18.2 Å². The lowest BCUT2D eigenvalue weighted by atomic mass is 9.99. The molecular formula is C13H20N2O2. The molecule has 94 valence electrons. The molecule has 0 spiro atoms. The van der Waals surface area contributed by atoms with Gasteiger partial charge in [0.15, 0.2) is 0 Å². The maximum Gasteiger partial charge on any atom is 0.407 e. The number of carbonyl (C=O) groups excluding carboxylic acids is 1. The van der Waals surface area contributed by atoms with Gasteiger partial charge < -0.3 is 15.8 Å². The summed E-state index contributed by atoms with van der Waals surface area (Å²) < 4.78 is 4.88. The Morgan fingerprint density at radius 3 is 2.71 bits per heavy atom. The lowest BCUT2D eigenvalue weighted by Crippen LogP contribution is -2.29. The van der Waals surface area contributed by atoms with Crippen LogP contribution in [-0.4, -0.2) is 12.7 Å². The van der Waals surface area contributed by atoms with Crippen LogP contribution in [0.2, 0.25) is 0 Å². The highest BCUT2D eigenvalue weighted by Crippen LogP contribution is 2.22. The van der Waals surface area contributed by atoms with Crippen molar-refractivity contribution in [2.45, 2.75) is 33.2 Å². The van der Waals surface area contributed by atoms with E-state index in [0.717, 1.165) is 23.2 Å². The van der Waals surface area contributed by atoms with E-state index in [1.165, 1.54) is 0 Å². The van der Waals surface area contributed by atoms with Gasteiger partial charge in [0, 0.05) is 5.69 Å². The van der Waals surface area contributed by atoms with Crippen LogP contribution in [0.1, 0.15) is 37.4 Å². The maximum absolute atomic E-state index is 11.4. The van der Waals surface area contributed by atoms with Crippen LogP contribution in [0, 0.1) is 6.92 Å². The predicted molar refractivity (Wildman–Crippen MR) is 68.8 cm³/mol. The first-order valence-electron chi connectivity index (χ1n) is 5.87. The Bertz CT molecular complexity index is 391. The van der Waals surface area contributed by atoms with Gasteiger partial charge in [0.2, 0.25) is 0 Å². The highest BCUT2D eigenvalue weighted by atomic mass is 16.5. The van der Waals surface area contributed by atoms with Gasteiger partial charge in [0.25, 0.3) is 0 Å². The molecular weight excluding hydrogens is 216 g/mol. The number of alkyl carbamates (subject to hydrolysis) is 1. The lowest BCUT2D eigenvalue weighted by molar-refractivity contribution is 0.147. The molecule has 0 saturated carbocycles. The Morgan fingerprint density at radius 1 is 1.47 bits per heavy atom. The van der Waals surface area contributed by atoms with Crippen LogP contribution in [0.4, 0.5) is 10.5 Å². The van der Waals surface area contributed by atoms with Crippen molar-refractivity contribution in [2.75, 3.05) is 12.3 Å². The molecule has 3 N–H and O–H groups in total. The molecule has 1 aromatic carbocycles. The second kappa shape index (κ2) is 6.13. The van der Waals surface area contributed by atoms with E-state index in [0.29, 0.717) is 6.61 Å². The van der Waals surface area contributed by atoms with Gasteiger partial charge >= 0.3 is 6.09 Å². The molecule has 1 rings (SSSR count). The Hall–Kier alpha value is -1.71. The number of aryl methyl sites for hydroxylation is 1. The molecule has 0 saturated heterocycles. The topological polar surface area (TPSA) is 64.3 Å². The van der Waals surface area contributed by atoms with Gasteiger partial charge in [0.1, 0.15) is 0 Å². The minimum Gasteiger partial charge on any atom is -0.450 e. The third-order valence-electron chi connectivity index (χ3n) is 2.65. The van der Waals surface area contributed by atoms with Crippen LogP contribution in [0.3, 0.4) is 0 Å². The first kappa shape index (κ1) is 13.4. The van der Waals surface area contributed by atoms with Gasteiger partial charge in [-0.15, -0.1) is 0 Å². The molecule has 1 amide bonds. The number of hydrogen-bond donors (Lipinski definition) is 2. The van der Waals surface area contributed by atoms with Gasteiger partial charge in [-0.1, -0.05) is 13.0 Å². The van der Waals surface area contributed by atoms with Crippen molar-refractivity contribution >= 4 is 11.8 Å². The van der Waals surface area contributed by atoms with E-state index in [4.69, 9.17) is 10.5 Å². The average Bonchev–Trinajstić information content (AvgIpc) is 2.27. The summed E-state index contributed by atoms with van der Waals surface area (Å²) in [5.41, 5.74) is 8.60. The predicted octanol–water partition coefficient (Wildman–Crippen LogP) is 2.77. The minimum atomic E-state index is -0.379. The average molecular weight is 236 g/mol. The Kier molecular flexibility index (Phi) is 4.82. The van der Waals surface area contributed by atoms with Crippen LogP contribution >= 0.6 is 0 Å². The van der Waals surface area contributed by atoms with E-state index in [9.17, 15) is 4.79 Å². The van der Waals surface area contributed by atoms with Gasteiger partial charge in [-0.3, -0.25) is 0 Å². The summed E-state index contributed by atoms with van der Waals surface area (Å²) in [7, 11) is 0. The quantitative estimate of drug-likeness (QED) is 0.790. The SMILES string of the molecule is CCOC(=O)NC(CC)c1ccc(N)cc1C. The Labute approximate surface area is 102 Å². The molecule has 0 aliphatic rings. The molecule has 0 aromatic heterocycles. The molecule has 1 unspecified atom stereocenters. The highest BCUT2D eigenvalue weighted by molar-refractivity contribution is 5.68. The van der Waals surface area contributed by atoms with Gasteiger partial charge in [-0.05, 0) is 43.5 Å². The van der Waals surface area contributed by atoms with E-state index in [-0.39, 0.29) is 12.1 Å². The number of rotatable bonds is 4. The Morgan fingerprint density at radius 2 is 2.18 bits per heavy atom. The number of nitrogens with one attached hydrogen (secondary N) is 1. The molecule has 4 nitrogen and oxygen atoms in total. The molecule has 0 radical (unpaired) electrons. The van der Waals surface area contributed by atoms with Gasteiger partial charge in [-0.2, -0.15) is 0 Å². The normalized spacial score (nSPS) is 11.9. The third kappa shape index (κ3) is 3.66. The number of benzene rings is 1. The molecule has 1 atom stereocenters. The van der Waals surface area contributed by atoms with Crippen molar-refractivity contribution in [3.8, 4) is 0 Å². The summed E-state index contributed by atoms with van der Waals surface area (Å²) in [4.78, 5) is 11.4. The second-order valence-electron chi connectivity index (χ2n) is 3.94. The summed E-state index contributed by atoms with van der Waals surface area (Å²) in [5, 5.41) is 2.84. The molecule has 0 bridgehead atoms. The third-order valence-corrected chi connectivity index (χ3v) is 2.65.